The van der Waals surface area contributed by atoms with Crippen LogP contribution in [0.3, 0.4) is 0 Å². The topological polar surface area (TPSA) is 0 Å². The van der Waals surface area contributed by atoms with E-state index in [1.807, 2.05) is 0 Å². The average molecular weight is 158 g/mol. The Hall–Kier alpha value is 2.10. The van der Waals surface area contributed by atoms with Crippen LogP contribution < -0.4 is 29.6 Å². The van der Waals surface area contributed by atoms with Gasteiger partial charge in [0.05, 0.1) is 0 Å². The summed E-state index contributed by atoms with van der Waals surface area (Å²) in [6.45, 7) is 0. The number of rotatable bonds is 0. The standard InChI is InChI=1S/2ClH.Cu.Na.H/h2*1H;;;/q;;+2;+1;-1/p-2. The first-order valence-electron chi connectivity index (χ1n) is 0.228. The summed E-state index contributed by atoms with van der Waals surface area (Å²) < 4.78 is 0. The predicted octanol–water partition coefficient (Wildman–Crippen LogP) is -1.51. The first kappa shape index (κ1) is 9.44. The van der Waals surface area contributed by atoms with E-state index in [2.05, 4.69) is 20.2 Å². The van der Waals surface area contributed by atoms with Crippen molar-refractivity contribution in [2.24, 2.45) is 0 Å². The molecule has 0 atom stereocenters. The van der Waals surface area contributed by atoms with Crippen LogP contribution in [-0.4, -0.2) is 0 Å². The molecule has 4 heavy (non-hydrogen) atoms. The molecule has 27 valence electrons. The first-order chi connectivity index (χ1) is 1.41. The summed E-state index contributed by atoms with van der Waals surface area (Å²) in [7, 11) is 9.34. The minimum absolute atomic E-state index is 0. The van der Waals surface area contributed by atoms with Crippen molar-refractivity contribution < 1.29 is 44.1 Å². The molecule has 0 bridgehead atoms. The van der Waals surface area contributed by atoms with Crippen LogP contribution in [0.15, 0.2) is 0 Å². The SMILES string of the molecule is [Cl][Cu][Cl].[H-].[Na+]. The Morgan fingerprint density at radius 2 is 1.50 bits per heavy atom. The molecular formula is HCl2CuNa. The Kier molecular flexibility index (Phi) is 21.0. The summed E-state index contributed by atoms with van der Waals surface area (Å²) in [5, 5.41) is 0. The van der Waals surface area contributed by atoms with Crippen LogP contribution in [0.1, 0.15) is 1.43 Å². The summed E-state index contributed by atoms with van der Waals surface area (Å²) in [5.74, 6) is 0. The zero-order valence-electron chi connectivity index (χ0n) is 3.06. The quantitative estimate of drug-likeness (QED) is 0.376. The maximum absolute atomic E-state index is 4.67. The molecule has 0 heterocycles. The van der Waals surface area contributed by atoms with Gasteiger partial charge in [0.15, 0.2) is 0 Å². The van der Waals surface area contributed by atoms with Crippen molar-refractivity contribution >= 4 is 20.2 Å². The molecule has 4 heteroatoms. The largest absolute Gasteiger partial charge is 1.00 e. The van der Waals surface area contributed by atoms with Gasteiger partial charge in [-0.05, 0) is 0 Å². The van der Waals surface area contributed by atoms with E-state index in [0.29, 0.717) is 0 Å². The fourth-order valence-electron chi connectivity index (χ4n) is 0. The smallest absolute Gasteiger partial charge is 1.00 e. The third-order valence-electron chi connectivity index (χ3n) is 0. The van der Waals surface area contributed by atoms with Crippen molar-refractivity contribution in [2.45, 2.75) is 0 Å². The third kappa shape index (κ3) is 8.93. The van der Waals surface area contributed by atoms with Crippen LogP contribution in [0.2, 0.25) is 0 Å². The molecule has 0 aromatic heterocycles. The van der Waals surface area contributed by atoms with E-state index in [9.17, 15) is 0 Å². The van der Waals surface area contributed by atoms with Crippen molar-refractivity contribution in [3.05, 3.63) is 0 Å². The molecule has 0 amide bonds. The second-order valence-corrected chi connectivity index (χ2v) is 1.60. The van der Waals surface area contributed by atoms with Gasteiger partial charge in [-0.1, -0.05) is 0 Å². The van der Waals surface area contributed by atoms with Crippen LogP contribution in [-0.2, 0) is 13.1 Å². The van der Waals surface area contributed by atoms with E-state index in [1.54, 1.807) is 0 Å². The molecular weight excluding hydrogens is 157 g/mol. The maximum atomic E-state index is 4.67. The summed E-state index contributed by atoms with van der Waals surface area (Å²) >= 11 is 0.757. The molecule has 0 N–H and O–H groups in total. The van der Waals surface area contributed by atoms with Gasteiger partial charge in [-0.3, -0.25) is 0 Å². The van der Waals surface area contributed by atoms with E-state index in [1.165, 1.54) is 0 Å². The maximum Gasteiger partial charge on any atom is 1.00 e. The van der Waals surface area contributed by atoms with Crippen LogP contribution in [0.25, 0.3) is 0 Å². The second-order valence-electron chi connectivity index (χ2n) is 0.0431. The molecule has 0 aliphatic carbocycles. The monoisotopic (exact) mass is 157 g/mol. The van der Waals surface area contributed by atoms with Crippen LogP contribution in [0.5, 0.6) is 0 Å². The van der Waals surface area contributed by atoms with Crippen molar-refractivity contribution in [1.82, 2.24) is 0 Å². The Balaban J connectivity index is -0.0000000200. The van der Waals surface area contributed by atoms with E-state index < -0.39 is 0 Å². The van der Waals surface area contributed by atoms with Crippen LogP contribution in [0.4, 0.5) is 0 Å². The normalized spacial score (nSPS) is 5.50. The van der Waals surface area contributed by atoms with Crippen molar-refractivity contribution in [3.8, 4) is 0 Å². The number of hydrogen-bond acceptors (Lipinski definition) is 0. The van der Waals surface area contributed by atoms with E-state index in [4.69, 9.17) is 0 Å². The van der Waals surface area contributed by atoms with Gasteiger partial charge < -0.3 is 1.43 Å². The summed E-state index contributed by atoms with van der Waals surface area (Å²) in [6, 6.07) is 0. The molecule has 0 aliphatic heterocycles. The van der Waals surface area contributed by atoms with Gasteiger partial charge in [-0.15, -0.1) is 0 Å². The summed E-state index contributed by atoms with van der Waals surface area (Å²) in [5.41, 5.74) is 0. The summed E-state index contributed by atoms with van der Waals surface area (Å²) in [4.78, 5) is 0. The fourth-order valence-corrected chi connectivity index (χ4v) is 0. The first-order valence-corrected chi connectivity index (χ1v) is 2.82. The Labute approximate surface area is 63.6 Å². The molecule has 0 rings (SSSR count). The van der Waals surface area contributed by atoms with E-state index >= 15 is 0 Å². The Morgan fingerprint density at radius 1 is 1.50 bits per heavy atom. The van der Waals surface area contributed by atoms with Gasteiger partial charge in [-0.25, -0.2) is 0 Å². The Morgan fingerprint density at radius 3 is 1.50 bits per heavy atom. The minimum Gasteiger partial charge on any atom is -1.00 e. The van der Waals surface area contributed by atoms with Crippen molar-refractivity contribution in [3.63, 3.8) is 0 Å². The zero-order valence-corrected chi connectivity index (χ0v) is 6.51. The van der Waals surface area contributed by atoms with Crippen LogP contribution >= 0.6 is 20.2 Å². The minimum atomic E-state index is 0. The Bertz CT molecular complexity index is 9.61. The molecule has 0 saturated heterocycles. The van der Waals surface area contributed by atoms with Gasteiger partial charge in [0.2, 0.25) is 0 Å². The zero-order chi connectivity index (χ0) is 2.71. The number of hydrogen-bond donors (Lipinski definition) is 0. The third-order valence-corrected chi connectivity index (χ3v) is 0. The van der Waals surface area contributed by atoms with Crippen molar-refractivity contribution in [1.29, 1.82) is 0 Å². The molecule has 0 aliphatic rings. The van der Waals surface area contributed by atoms with Crippen LogP contribution in [0, 0.1) is 0 Å². The fraction of sp³-hybridized carbons (Fsp3) is 0. The van der Waals surface area contributed by atoms with Gasteiger partial charge in [0, 0.05) is 0 Å². The molecule has 0 unspecified atom stereocenters. The molecule has 0 fully saturated rings. The molecule has 0 aromatic carbocycles. The molecule has 0 nitrogen and oxygen atoms in total. The molecule has 0 spiro atoms. The average Bonchev–Trinajstić information content (AvgIpc) is 0.918. The van der Waals surface area contributed by atoms with Gasteiger partial charge in [-0.2, -0.15) is 0 Å². The summed E-state index contributed by atoms with van der Waals surface area (Å²) in [6.07, 6.45) is 0. The predicted molar refractivity (Wildman–Crippen MR) is 12.8 cm³/mol. The van der Waals surface area contributed by atoms with Gasteiger partial charge in [0.1, 0.15) is 0 Å². The van der Waals surface area contributed by atoms with E-state index in [0.717, 1.165) is 13.1 Å². The van der Waals surface area contributed by atoms with E-state index in [-0.39, 0.29) is 31.0 Å². The number of halogens is 2. The molecule has 0 aromatic rings. The van der Waals surface area contributed by atoms with Crippen molar-refractivity contribution in [2.75, 3.05) is 0 Å². The molecule has 0 radical (unpaired) electrons. The van der Waals surface area contributed by atoms with Gasteiger partial charge >= 0.3 is 62.9 Å². The second kappa shape index (κ2) is 8.92. The van der Waals surface area contributed by atoms with Gasteiger partial charge in [0.25, 0.3) is 0 Å². The molecule has 0 saturated carbocycles.